The third-order valence-corrected chi connectivity index (χ3v) is 19.3. The van der Waals surface area contributed by atoms with Crippen LogP contribution >= 0.6 is 15.6 Å². The summed E-state index contributed by atoms with van der Waals surface area (Å²) in [6.07, 6.45) is 42.8. The zero-order valence-electron chi connectivity index (χ0n) is 58.8. The van der Waals surface area contributed by atoms with Gasteiger partial charge in [0.1, 0.15) is 19.3 Å². The average molecular weight is 1330 g/mol. The Balaban J connectivity index is 5.29. The Morgan fingerprint density at radius 1 is 0.311 bits per heavy atom. The summed E-state index contributed by atoms with van der Waals surface area (Å²) >= 11 is 0. The lowest BCUT2D eigenvalue weighted by atomic mass is 9.99. The summed E-state index contributed by atoms with van der Waals surface area (Å²) in [6.45, 7) is 14.2. The predicted molar refractivity (Wildman–Crippen MR) is 363 cm³/mol. The molecule has 17 nitrogen and oxygen atoms in total. The van der Waals surface area contributed by atoms with E-state index in [4.69, 9.17) is 37.0 Å². The summed E-state index contributed by atoms with van der Waals surface area (Å²) in [7, 11) is -9.91. The van der Waals surface area contributed by atoms with Gasteiger partial charge >= 0.3 is 39.5 Å². The summed E-state index contributed by atoms with van der Waals surface area (Å²) < 4.78 is 68.4. The Morgan fingerprint density at radius 2 is 0.533 bits per heavy atom. The van der Waals surface area contributed by atoms with Crippen molar-refractivity contribution >= 4 is 39.5 Å². The highest BCUT2D eigenvalue weighted by Gasteiger charge is 2.30. The SMILES string of the molecule is CCC(C)CCCCCCCCCCCCC(=O)O[C@H](COC(=O)CCCCCCCCCCCC(C)C)COP(=O)(O)OC[C@@H](O)COP(=O)(O)OC[C@@H](COC(=O)CCCCCCCCCCC(C)CC)OC(=O)CCCCCCCCCCC(C)CC. The van der Waals surface area contributed by atoms with Crippen LogP contribution in [0.15, 0.2) is 0 Å². The quantitative estimate of drug-likeness (QED) is 0.0222. The first-order chi connectivity index (χ1) is 43.2. The molecule has 8 atom stereocenters. The van der Waals surface area contributed by atoms with E-state index in [0.717, 1.165) is 114 Å². The molecule has 19 heteroatoms. The molecule has 534 valence electrons. The zero-order chi connectivity index (χ0) is 66.8. The van der Waals surface area contributed by atoms with Crippen molar-refractivity contribution in [1.82, 2.24) is 0 Å². The number of esters is 4. The molecule has 0 spiro atoms. The second-order valence-corrected chi connectivity index (χ2v) is 29.7. The van der Waals surface area contributed by atoms with Crippen LogP contribution in [-0.2, 0) is 65.4 Å². The number of carbonyl (C=O) groups is 4. The summed E-state index contributed by atoms with van der Waals surface area (Å²) in [6, 6.07) is 0. The normalized spacial score (nSPS) is 15.2. The maximum atomic E-state index is 13.0. The number of hydrogen-bond acceptors (Lipinski definition) is 15. The van der Waals surface area contributed by atoms with Crippen LogP contribution in [0.2, 0.25) is 0 Å². The van der Waals surface area contributed by atoms with E-state index in [9.17, 15) is 43.2 Å². The highest BCUT2D eigenvalue weighted by molar-refractivity contribution is 7.47. The standard InChI is InChI=1S/C71H138O17P2/c1-9-62(6)48-40-32-24-16-12-13-17-29-37-45-53-70(75)87-66(57-81-68(73)51-43-35-27-18-14-15-23-31-39-47-61(4)5)59-85-89(77,78)83-55-65(72)56-84-90(79,80)86-60-67(88-71(76)54-46-38-30-22-20-26-34-42-50-64(8)11-3)58-82-69(74)52-44-36-28-21-19-25-33-41-49-63(7)10-2/h61-67,72H,9-60H2,1-8H3,(H,77,78)(H,79,80)/t62?,63?,64?,65-,66-,67-/m1/s1. The lowest BCUT2D eigenvalue weighted by molar-refractivity contribution is -0.161. The smallest absolute Gasteiger partial charge is 0.462 e. The molecule has 0 aromatic heterocycles. The van der Waals surface area contributed by atoms with E-state index in [-0.39, 0.29) is 25.7 Å². The Hall–Kier alpha value is -1.94. The first-order valence-electron chi connectivity index (χ1n) is 36.8. The van der Waals surface area contributed by atoms with Crippen molar-refractivity contribution in [2.24, 2.45) is 23.7 Å². The maximum absolute atomic E-state index is 13.0. The first kappa shape index (κ1) is 88.1. The van der Waals surface area contributed by atoms with Gasteiger partial charge < -0.3 is 33.8 Å². The van der Waals surface area contributed by atoms with Gasteiger partial charge in [-0.2, -0.15) is 0 Å². The number of ether oxygens (including phenoxy) is 4. The summed E-state index contributed by atoms with van der Waals surface area (Å²) in [5, 5.41) is 10.6. The molecule has 0 aromatic rings. The molecule has 0 aromatic carbocycles. The molecule has 0 fully saturated rings. The molecule has 0 aliphatic carbocycles. The molecule has 0 radical (unpaired) electrons. The van der Waals surface area contributed by atoms with E-state index in [1.54, 1.807) is 0 Å². The van der Waals surface area contributed by atoms with Crippen LogP contribution < -0.4 is 0 Å². The topological polar surface area (TPSA) is 237 Å². The van der Waals surface area contributed by atoms with Gasteiger partial charge in [-0.3, -0.25) is 37.3 Å². The molecular formula is C71H138O17P2. The van der Waals surface area contributed by atoms with Gasteiger partial charge in [0.05, 0.1) is 26.4 Å². The molecule has 0 aliphatic heterocycles. The molecule has 0 amide bonds. The largest absolute Gasteiger partial charge is 0.472 e. The van der Waals surface area contributed by atoms with E-state index >= 15 is 0 Å². The van der Waals surface area contributed by atoms with Crippen molar-refractivity contribution in [3.63, 3.8) is 0 Å². The van der Waals surface area contributed by atoms with Crippen LogP contribution in [-0.4, -0.2) is 96.7 Å². The Labute approximate surface area is 549 Å². The Morgan fingerprint density at radius 3 is 0.789 bits per heavy atom. The Bertz CT molecular complexity index is 1790. The molecule has 0 saturated heterocycles. The van der Waals surface area contributed by atoms with Crippen molar-refractivity contribution < 1.29 is 80.2 Å². The molecule has 0 rings (SSSR count). The van der Waals surface area contributed by atoms with Crippen molar-refractivity contribution in [3.05, 3.63) is 0 Å². The Kier molecular flexibility index (Phi) is 59.4. The fraction of sp³-hybridized carbons (Fsp3) is 0.944. The van der Waals surface area contributed by atoms with Crippen molar-refractivity contribution in [2.75, 3.05) is 39.6 Å². The summed E-state index contributed by atoms with van der Waals surface area (Å²) in [5.74, 6) is 0.965. The fourth-order valence-corrected chi connectivity index (χ4v) is 12.1. The maximum Gasteiger partial charge on any atom is 0.472 e. The lowest BCUT2D eigenvalue weighted by Crippen LogP contribution is -2.30. The van der Waals surface area contributed by atoms with Crippen LogP contribution in [0.25, 0.3) is 0 Å². The first-order valence-corrected chi connectivity index (χ1v) is 39.8. The van der Waals surface area contributed by atoms with Crippen LogP contribution in [0.1, 0.15) is 351 Å². The number of carbonyl (C=O) groups excluding carboxylic acids is 4. The van der Waals surface area contributed by atoms with E-state index in [1.165, 1.54) is 154 Å². The number of hydrogen-bond donors (Lipinski definition) is 3. The lowest BCUT2D eigenvalue weighted by Gasteiger charge is -2.21. The van der Waals surface area contributed by atoms with Crippen molar-refractivity contribution in [3.8, 4) is 0 Å². The van der Waals surface area contributed by atoms with Crippen LogP contribution in [0.4, 0.5) is 0 Å². The average Bonchev–Trinajstić information content (AvgIpc) is 3.67. The monoisotopic (exact) mass is 1320 g/mol. The second-order valence-electron chi connectivity index (χ2n) is 26.8. The molecular weight excluding hydrogens is 1190 g/mol. The van der Waals surface area contributed by atoms with E-state index in [2.05, 4.69) is 55.4 Å². The van der Waals surface area contributed by atoms with Crippen LogP contribution in [0.3, 0.4) is 0 Å². The van der Waals surface area contributed by atoms with Gasteiger partial charge in [-0.05, 0) is 49.4 Å². The minimum Gasteiger partial charge on any atom is -0.462 e. The predicted octanol–water partition coefficient (Wildman–Crippen LogP) is 20.1. The molecule has 0 bridgehead atoms. The minimum absolute atomic E-state index is 0.104. The zero-order valence-corrected chi connectivity index (χ0v) is 60.6. The number of rotatable bonds is 68. The molecule has 0 heterocycles. The number of aliphatic hydroxyl groups excluding tert-OH is 1. The minimum atomic E-state index is -4.95. The molecule has 90 heavy (non-hydrogen) atoms. The van der Waals surface area contributed by atoms with Crippen molar-refractivity contribution in [2.45, 2.75) is 369 Å². The van der Waals surface area contributed by atoms with Crippen LogP contribution in [0.5, 0.6) is 0 Å². The summed E-state index contributed by atoms with van der Waals surface area (Å²) in [5.41, 5.74) is 0. The number of phosphoric acid groups is 2. The van der Waals surface area contributed by atoms with E-state index in [0.29, 0.717) is 25.7 Å². The van der Waals surface area contributed by atoms with E-state index < -0.39 is 97.5 Å². The van der Waals surface area contributed by atoms with Gasteiger partial charge in [0.2, 0.25) is 0 Å². The highest BCUT2D eigenvalue weighted by Crippen LogP contribution is 2.45. The van der Waals surface area contributed by atoms with Gasteiger partial charge in [0.25, 0.3) is 0 Å². The van der Waals surface area contributed by atoms with Crippen LogP contribution in [0, 0.1) is 23.7 Å². The van der Waals surface area contributed by atoms with Gasteiger partial charge in [0.15, 0.2) is 12.2 Å². The molecule has 3 N–H and O–H groups in total. The van der Waals surface area contributed by atoms with Gasteiger partial charge in [-0.25, -0.2) is 9.13 Å². The van der Waals surface area contributed by atoms with Gasteiger partial charge in [0, 0.05) is 25.7 Å². The van der Waals surface area contributed by atoms with Crippen molar-refractivity contribution in [1.29, 1.82) is 0 Å². The third-order valence-electron chi connectivity index (χ3n) is 17.4. The van der Waals surface area contributed by atoms with E-state index in [1.807, 2.05) is 0 Å². The summed E-state index contributed by atoms with van der Waals surface area (Å²) in [4.78, 5) is 72.6. The molecule has 5 unspecified atom stereocenters. The number of phosphoric ester groups is 2. The number of aliphatic hydroxyl groups is 1. The fourth-order valence-electron chi connectivity index (χ4n) is 10.6. The van der Waals surface area contributed by atoms with Gasteiger partial charge in [-0.15, -0.1) is 0 Å². The molecule has 0 saturated carbocycles. The third kappa shape index (κ3) is 61.0. The second kappa shape index (κ2) is 60.7. The number of unbranched alkanes of at least 4 members (excludes halogenated alkanes) is 31. The highest BCUT2D eigenvalue weighted by atomic mass is 31.2. The van der Waals surface area contributed by atoms with Gasteiger partial charge in [-0.1, -0.05) is 299 Å². The molecule has 0 aliphatic rings.